The number of nitrogens with two attached hydrogens (primary N) is 2. The Balaban J connectivity index is 3.37. The monoisotopic (exact) mass is 273 g/mol. The molecule has 0 aromatic heterocycles. The highest BCUT2D eigenvalue weighted by atomic mass is 19.4. The van der Waals surface area contributed by atoms with Gasteiger partial charge >= 0.3 is 6.18 Å². The molecule has 0 unspecified atom stereocenters. The molecule has 0 aliphatic rings. The second-order valence-corrected chi connectivity index (χ2v) is 4.34. The zero-order valence-electron chi connectivity index (χ0n) is 10.5. The van der Waals surface area contributed by atoms with Crippen molar-refractivity contribution in [3.8, 4) is 0 Å². The van der Waals surface area contributed by atoms with Crippen molar-refractivity contribution in [2.75, 3.05) is 0 Å². The molecule has 0 bridgehead atoms. The van der Waals surface area contributed by atoms with Gasteiger partial charge in [0.05, 0.1) is 5.56 Å². The van der Waals surface area contributed by atoms with Gasteiger partial charge < -0.3 is 11.5 Å². The number of guanidine groups is 1. The van der Waals surface area contributed by atoms with E-state index in [2.05, 4.69) is 4.99 Å². The van der Waals surface area contributed by atoms with E-state index in [1.807, 2.05) is 0 Å². The van der Waals surface area contributed by atoms with Crippen LogP contribution in [0, 0.1) is 0 Å². The van der Waals surface area contributed by atoms with Crippen molar-refractivity contribution in [3.63, 3.8) is 0 Å². The minimum atomic E-state index is -4.53. The Morgan fingerprint density at radius 3 is 2.21 bits per heavy atom. The molecular weight excluding hydrogens is 259 g/mol. The fraction of sp³-hybridized carbons (Fsp3) is 0.333. The van der Waals surface area contributed by atoms with Crippen molar-refractivity contribution in [2.24, 2.45) is 16.5 Å². The predicted octanol–water partition coefficient (Wildman–Crippen LogP) is 2.24. The summed E-state index contributed by atoms with van der Waals surface area (Å²) in [6.45, 7) is 3.45. The van der Waals surface area contributed by atoms with Gasteiger partial charge in [-0.2, -0.15) is 18.2 Å². The molecule has 0 saturated heterocycles. The molecule has 1 amide bonds. The van der Waals surface area contributed by atoms with Crippen LogP contribution in [-0.4, -0.2) is 11.9 Å². The first-order chi connectivity index (χ1) is 8.61. The van der Waals surface area contributed by atoms with E-state index in [1.165, 1.54) is 6.07 Å². The molecule has 4 nitrogen and oxygen atoms in total. The van der Waals surface area contributed by atoms with E-state index in [4.69, 9.17) is 11.5 Å². The Morgan fingerprint density at radius 1 is 1.21 bits per heavy atom. The van der Waals surface area contributed by atoms with Crippen LogP contribution in [0.15, 0.2) is 23.2 Å². The highest BCUT2D eigenvalue weighted by molar-refractivity contribution is 6.02. The van der Waals surface area contributed by atoms with Gasteiger partial charge in [-0.05, 0) is 29.7 Å². The van der Waals surface area contributed by atoms with Gasteiger partial charge in [-0.3, -0.25) is 4.79 Å². The van der Waals surface area contributed by atoms with E-state index in [-0.39, 0.29) is 11.5 Å². The fourth-order valence-electron chi connectivity index (χ4n) is 1.45. The van der Waals surface area contributed by atoms with Gasteiger partial charge in [0, 0.05) is 5.56 Å². The molecule has 4 N–H and O–H groups in total. The summed E-state index contributed by atoms with van der Waals surface area (Å²) in [4.78, 5) is 14.8. The lowest BCUT2D eigenvalue weighted by atomic mass is 9.97. The zero-order chi connectivity index (χ0) is 14.8. The molecule has 104 valence electrons. The molecule has 1 aromatic rings. The number of hydrogen-bond acceptors (Lipinski definition) is 1. The third kappa shape index (κ3) is 3.97. The van der Waals surface area contributed by atoms with Crippen LogP contribution in [0.4, 0.5) is 13.2 Å². The van der Waals surface area contributed by atoms with Gasteiger partial charge in [-0.1, -0.05) is 13.8 Å². The largest absolute Gasteiger partial charge is 0.416 e. The number of nitrogens with zero attached hydrogens (tertiary/aromatic N) is 1. The Bertz CT molecular complexity index is 517. The zero-order valence-corrected chi connectivity index (χ0v) is 10.5. The Labute approximate surface area is 108 Å². The first kappa shape index (κ1) is 15.0. The van der Waals surface area contributed by atoms with Crippen LogP contribution in [-0.2, 0) is 6.18 Å². The molecule has 0 aliphatic heterocycles. The van der Waals surface area contributed by atoms with E-state index in [0.29, 0.717) is 5.56 Å². The van der Waals surface area contributed by atoms with Crippen molar-refractivity contribution in [2.45, 2.75) is 25.9 Å². The van der Waals surface area contributed by atoms with Crippen LogP contribution in [0.1, 0.15) is 41.3 Å². The molecule has 0 heterocycles. The van der Waals surface area contributed by atoms with Crippen LogP contribution in [0.5, 0.6) is 0 Å². The first-order valence-corrected chi connectivity index (χ1v) is 5.47. The lowest BCUT2D eigenvalue weighted by Crippen LogP contribution is -2.24. The summed E-state index contributed by atoms with van der Waals surface area (Å²) in [5.74, 6) is -1.55. The molecule has 0 fully saturated rings. The lowest BCUT2D eigenvalue weighted by Gasteiger charge is -2.13. The number of amides is 1. The Morgan fingerprint density at radius 2 is 1.79 bits per heavy atom. The number of carbonyl (C=O) groups excluding carboxylic acids is 1. The maximum atomic E-state index is 12.7. The number of halogens is 3. The molecule has 0 radical (unpaired) electrons. The Hall–Kier alpha value is -2.05. The minimum Gasteiger partial charge on any atom is -0.370 e. The van der Waals surface area contributed by atoms with Crippen LogP contribution < -0.4 is 11.5 Å². The molecule has 0 atom stereocenters. The van der Waals surface area contributed by atoms with Gasteiger partial charge in [0.1, 0.15) is 0 Å². The van der Waals surface area contributed by atoms with Gasteiger partial charge in [0.15, 0.2) is 5.96 Å². The summed E-state index contributed by atoms with van der Waals surface area (Å²) in [6.07, 6.45) is -4.53. The molecular formula is C12H14F3N3O. The molecule has 0 aliphatic carbocycles. The number of aliphatic imine (C=N–C) groups is 1. The molecule has 0 saturated carbocycles. The number of hydrogen-bond donors (Lipinski definition) is 2. The summed E-state index contributed by atoms with van der Waals surface area (Å²) in [5.41, 5.74) is 9.38. The van der Waals surface area contributed by atoms with Crippen molar-refractivity contribution < 1.29 is 18.0 Å². The van der Waals surface area contributed by atoms with Gasteiger partial charge in [-0.25, -0.2) is 0 Å². The second kappa shape index (κ2) is 5.29. The van der Waals surface area contributed by atoms with Crippen LogP contribution in [0.25, 0.3) is 0 Å². The summed E-state index contributed by atoms with van der Waals surface area (Å²) in [5, 5.41) is 0. The molecule has 1 aromatic carbocycles. The maximum absolute atomic E-state index is 12.7. The summed E-state index contributed by atoms with van der Waals surface area (Å²) in [7, 11) is 0. The van der Waals surface area contributed by atoms with Crippen LogP contribution >= 0.6 is 0 Å². The summed E-state index contributed by atoms with van der Waals surface area (Å²) >= 11 is 0. The number of alkyl halides is 3. The molecule has 7 heteroatoms. The average Bonchev–Trinajstić information content (AvgIpc) is 2.26. The standard InChI is InChI=1S/C12H14F3N3O/c1-6(2)7-3-8(10(19)18-11(16)17)5-9(4-7)12(13,14)15/h3-6H,1-2H3,(H4,16,17,18,19). The summed E-state index contributed by atoms with van der Waals surface area (Å²) in [6, 6.07) is 3.10. The van der Waals surface area contributed by atoms with Crippen LogP contribution in [0.3, 0.4) is 0 Å². The lowest BCUT2D eigenvalue weighted by molar-refractivity contribution is -0.137. The van der Waals surface area contributed by atoms with E-state index >= 15 is 0 Å². The van der Waals surface area contributed by atoms with E-state index in [9.17, 15) is 18.0 Å². The minimum absolute atomic E-state index is 0.159. The second-order valence-electron chi connectivity index (χ2n) is 4.34. The number of benzene rings is 1. The highest BCUT2D eigenvalue weighted by Gasteiger charge is 2.32. The third-order valence-electron chi connectivity index (χ3n) is 2.43. The van der Waals surface area contributed by atoms with Crippen molar-refractivity contribution in [3.05, 3.63) is 34.9 Å². The van der Waals surface area contributed by atoms with Gasteiger partial charge in [-0.15, -0.1) is 0 Å². The van der Waals surface area contributed by atoms with Gasteiger partial charge in [0.25, 0.3) is 5.91 Å². The normalized spacial score (nSPS) is 11.5. The Kier molecular flexibility index (Phi) is 4.18. The highest BCUT2D eigenvalue weighted by Crippen LogP contribution is 2.32. The first-order valence-electron chi connectivity index (χ1n) is 5.47. The van der Waals surface area contributed by atoms with Crippen molar-refractivity contribution >= 4 is 11.9 Å². The summed E-state index contributed by atoms with van der Waals surface area (Å²) < 4.78 is 38.2. The average molecular weight is 273 g/mol. The SMILES string of the molecule is CC(C)c1cc(C(=O)N=C(N)N)cc(C(F)(F)F)c1. The van der Waals surface area contributed by atoms with Crippen LogP contribution in [0.2, 0.25) is 0 Å². The van der Waals surface area contributed by atoms with E-state index in [1.54, 1.807) is 13.8 Å². The van der Waals surface area contributed by atoms with Crippen molar-refractivity contribution in [1.29, 1.82) is 0 Å². The number of carbonyl (C=O) groups is 1. The van der Waals surface area contributed by atoms with Crippen molar-refractivity contribution in [1.82, 2.24) is 0 Å². The smallest absolute Gasteiger partial charge is 0.370 e. The van der Waals surface area contributed by atoms with Gasteiger partial charge in [0.2, 0.25) is 0 Å². The topological polar surface area (TPSA) is 81.5 Å². The molecule has 19 heavy (non-hydrogen) atoms. The molecule has 1 rings (SSSR count). The molecule has 0 spiro atoms. The predicted molar refractivity (Wildman–Crippen MR) is 65.7 cm³/mol. The quantitative estimate of drug-likeness (QED) is 0.640. The van der Waals surface area contributed by atoms with E-state index < -0.39 is 23.6 Å². The maximum Gasteiger partial charge on any atom is 0.416 e. The van der Waals surface area contributed by atoms with E-state index in [0.717, 1.165) is 12.1 Å². The third-order valence-corrected chi connectivity index (χ3v) is 2.43. The fourth-order valence-corrected chi connectivity index (χ4v) is 1.45. The number of rotatable bonds is 2.